The van der Waals surface area contributed by atoms with Gasteiger partial charge in [-0.1, -0.05) is 84.9 Å². The van der Waals surface area contributed by atoms with Crippen molar-refractivity contribution in [2.75, 3.05) is 23.7 Å². The van der Waals surface area contributed by atoms with E-state index in [9.17, 15) is 28.2 Å². The molecule has 0 radical (unpaired) electrons. The first kappa shape index (κ1) is 37.1. The molecule has 0 bridgehead atoms. The van der Waals surface area contributed by atoms with E-state index in [1.54, 1.807) is 25.1 Å². The second-order valence-electron chi connectivity index (χ2n) is 11.4. The van der Waals surface area contributed by atoms with Crippen molar-refractivity contribution in [1.29, 1.82) is 0 Å². The molecule has 0 aliphatic rings. The minimum absolute atomic E-state index is 0.0338. The van der Waals surface area contributed by atoms with Crippen LogP contribution in [-0.4, -0.2) is 55.4 Å². The van der Waals surface area contributed by atoms with Crippen molar-refractivity contribution >= 4 is 17.4 Å². The lowest BCUT2D eigenvalue weighted by atomic mass is 10.1. The Morgan fingerprint density at radius 3 is 1.48 bits per heavy atom. The zero-order chi connectivity index (χ0) is 36.9. The largest absolute Gasteiger partial charge is 0.573 e. The van der Waals surface area contributed by atoms with Gasteiger partial charge in [-0.15, -0.1) is 13.2 Å². The Balaban J connectivity index is 0.000000202. The second kappa shape index (κ2) is 17.7. The highest BCUT2D eigenvalue weighted by Gasteiger charge is 2.31. The molecule has 266 valence electrons. The first-order valence-electron chi connectivity index (χ1n) is 16.1. The third-order valence-corrected chi connectivity index (χ3v) is 7.63. The zero-order valence-electron chi connectivity index (χ0n) is 27.9. The van der Waals surface area contributed by atoms with Gasteiger partial charge in [-0.3, -0.25) is 4.79 Å². The van der Waals surface area contributed by atoms with E-state index in [2.05, 4.69) is 35.3 Å². The Hall–Kier alpha value is -6.18. The molecule has 2 heterocycles. The van der Waals surface area contributed by atoms with Crippen LogP contribution in [0.4, 0.5) is 24.8 Å². The van der Waals surface area contributed by atoms with Crippen LogP contribution in [0.1, 0.15) is 40.6 Å². The molecule has 0 saturated heterocycles. The summed E-state index contributed by atoms with van der Waals surface area (Å²) in [6, 6.07) is 34.8. The fraction of sp³-hybridized carbons (Fsp3) is 0.154. The summed E-state index contributed by atoms with van der Waals surface area (Å²) in [4.78, 5) is 28.0. The van der Waals surface area contributed by atoms with Crippen molar-refractivity contribution < 1.29 is 32.9 Å². The molecular weight excluding hydrogens is 673 g/mol. The summed E-state index contributed by atoms with van der Waals surface area (Å²) < 4.78 is 40.5. The average Bonchev–Trinajstić information content (AvgIpc) is 3.17. The summed E-state index contributed by atoms with van der Waals surface area (Å²) in [5.41, 5.74) is 5.09. The summed E-state index contributed by atoms with van der Waals surface area (Å²) in [6.07, 6.45) is -3.23. The third-order valence-electron chi connectivity index (χ3n) is 7.63. The van der Waals surface area contributed by atoms with Crippen molar-refractivity contribution in [1.82, 2.24) is 19.9 Å². The minimum atomic E-state index is -4.73. The van der Waals surface area contributed by atoms with Gasteiger partial charge < -0.3 is 25.6 Å². The molecular formula is C39H35F3N6O4. The van der Waals surface area contributed by atoms with Gasteiger partial charge in [-0.25, -0.2) is 19.9 Å². The van der Waals surface area contributed by atoms with E-state index in [0.717, 1.165) is 22.4 Å². The van der Waals surface area contributed by atoms with Crippen molar-refractivity contribution in [3.63, 3.8) is 0 Å². The Bertz CT molecular complexity index is 2020. The summed E-state index contributed by atoms with van der Waals surface area (Å²) in [5.74, 6) is 0.859. The lowest BCUT2D eigenvalue weighted by Crippen LogP contribution is -2.16. The molecule has 6 rings (SSSR count). The smallest absolute Gasteiger partial charge is 0.406 e. The SMILES string of the molecule is CC(=O)c1ccc(-c2cc(NC[C@H](O)c3ccccc3)ncn2)cc1.O[C@H](CNc1cc(-c2ccc(OC(F)(F)F)cc2)ncn1)c1ccccc1. The van der Waals surface area contributed by atoms with E-state index >= 15 is 0 Å². The first-order chi connectivity index (χ1) is 25.0. The van der Waals surface area contributed by atoms with E-state index in [1.807, 2.05) is 78.9 Å². The van der Waals surface area contributed by atoms with Crippen LogP contribution >= 0.6 is 0 Å². The minimum Gasteiger partial charge on any atom is -0.406 e. The van der Waals surface area contributed by atoms with Gasteiger partial charge in [0.25, 0.3) is 0 Å². The highest BCUT2D eigenvalue weighted by molar-refractivity contribution is 5.94. The predicted octanol–water partition coefficient (Wildman–Crippen LogP) is 7.68. The van der Waals surface area contributed by atoms with Crippen molar-refractivity contribution in [2.24, 2.45) is 0 Å². The van der Waals surface area contributed by atoms with E-state index in [-0.39, 0.29) is 18.1 Å². The van der Waals surface area contributed by atoms with Gasteiger partial charge in [0.15, 0.2) is 5.78 Å². The molecule has 2 atom stereocenters. The van der Waals surface area contributed by atoms with Gasteiger partial charge >= 0.3 is 6.36 Å². The van der Waals surface area contributed by atoms with Crippen molar-refractivity contribution in [3.8, 4) is 28.3 Å². The Kier molecular flexibility index (Phi) is 12.6. The Morgan fingerprint density at radius 2 is 1.08 bits per heavy atom. The number of Topliss-reactive ketones (excluding diaryl/α,β-unsaturated/α-hetero) is 1. The van der Waals surface area contributed by atoms with Gasteiger partial charge in [-0.05, 0) is 42.3 Å². The molecule has 4 N–H and O–H groups in total. The molecule has 0 spiro atoms. The Morgan fingerprint density at radius 1 is 0.654 bits per heavy atom. The number of ketones is 1. The quantitative estimate of drug-likeness (QED) is 0.0936. The summed E-state index contributed by atoms with van der Waals surface area (Å²) in [5, 5.41) is 26.5. The van der Waals surface area contributed by atoms with Crippen LogP contribution < -0.4 is 15.4 Å². The lowest BCUT2D eigenvalue weighted by Gasteiger charge is -2.13. The number of benzene rings is 4. The predicted molar refractivity (Wildman–Crippen MR) is 191 cm³/mol. The molecule has 0 aliphatic heterocycles. The van der Waals surface area contributed by atoms with Crippen LogP contribution in [0.15, 0.2) is 134 Å². The fourth-order valence-corrected chi connectivity index (χ4v) is 4.92. The highest BCUT2D eigenvalue weighted by atomic mass is 19.4. The normalized spacial score (nSPS) is 12.1. The summed E-state index contributed by atoms with van der Waals surface area (Å²) in [6.45, 7) is 2.14. The Labute approximate surface area is 298 Å². The van der Waals surface area contributed by atoms with E-state index in [1.165, 1.54) is 36.9 Å². The van der Waals surface area contributed by atoms with Gasteiger partial charge in [0.2, 0.25) is 0 Å². The van der Waals surface area contributed by atoms with Crippen LogP contribution in [-0.2, 0) is 0 Å². The molecule has 0 fully saturated rings. The number of anilines is 2. The summed E-state index contributed by atoms with van der Waals surface area (Å²) >= 11 is 0. The lowest BCUT2D eigenvalue weighted by molar-refractivity contribution is -0.274. The maximum absolute atomic E-state index is 12.2. The van der Waals surface area contributed by atoms with E-state index < -0.39 is 18.6 Å². The maximum Gasteiger partial charge on any atom is 0.573 e. The number of halogens is 3. The number of carbonyl (C=O) groups excluding carboxylic acids is 1. The molecule has 0 amide bonds. The number of hydrogen-bond donors (Lipinski definition) is 4. The molecule has 4 aromatic carbocycles. The van der Waals surface area contributed by atoms with E-state index in [4.69, 9.17) is 0 Å². The number of hydrogen-bond acceptors (Lipinski definition) is 10. The van der Waals surface area contributed by atoms with Gasteiger partial charge in [0.05, 0.1) is 23.6 Å². The zero-order valence-corrected chi connectivity index (χ0v) is 27.9. The number of alkyl halides is 3. The molecule has 0 aliphatic carbocycles. The van der Waals surface area contributed by atoms with Crippen LogP contribution in [0.3, 0.4) is 0 Å². The fourth-order valence-electron chi connectivity index (χ4n) is 4.92. The number of aliphatic hydroxyl groups excluding tert-OH is 2. The standard InChI is InChI=1S/C20H19N3O2.C19H16F3N3O2/c1-14(24)15-7-9-16(10-8-15)18-11-20(23-13-22-18)21-12-19(25)17-5-3-2-4-6-17;20-19(21,22)27-15-8-6-13(7-9-15)16-10-18(25-12-24-16)23-11-17(26)14-4-2-1-3-5-14/h2-11,13,19,25H,12H2,1H3,(H,21,22,23);1-10,12,17,26H,11H2,(H,23,24,25)/t19-;17-/m01/s1. The number of nitrogens with one attached hydrogen (secondary N) is 2. The van der Waals surface area contributed by atoms with Crippen LogP contribution in [0.25, 0.3) is 22.5 Å². The monoisotopic (exact) mass is 708 g/mol. The van der Waals surface area contributed by atoms with Crippen LogP contribution in [0.5, 0.6) is 5.75 Å². The van der Waals surface area contributed by atoms with Gasteiger partial charge in [0.1, 0.15) is 30.0 Å². The van der Waals surface area contributed by atoms with Crippen LogP contribution in [0.2, 0.25) is 0 Å². The second-order valence-corrected chi connectivity index (χ2v) is 11.4. The summed E-state index contributed by atoms with van der Waals surface area (Å²) in [7, 11) is 0. The average molecular weight is 709 g/mol. The number of aliphatic hydroxyl groups is 2. The molecule has 2 aromatic heterocycles. The van der Waals surface area contributed by atoms with Crippen LogP contribution in [0, 0.1) is 0 Å². The van der Waals surface area contributed by atoms with Gasteiger partial charge in [0, 0.05) is 41.9 Å². The van der Waals surface area contributed by atoms with Gasteiger partial charge in [-0.2, -0.15) is 0 Å². The first-order valence-corrected chi connectivity index (χ1v) is 16.1. The number of rotatable bonds is 12. The number of nitrogens with zero attached hydrogens (tertiary/aromatic N) is 4. The molecule has 52 heavy (non-hydrogen) atoms. The van der Waals surface area contributed by atoms with E-state index in [0.29, 0.717) is 35.0 Å². The van der Waals surface area contributed by atoms with Crippen molar-refractivity contribution in [3.05, 3.63) is 151 Å². The molecule has 6 aromatic rings. The third kappa shape index (κ3) is 11.2. The molecule has 13 heteroatoms. The maximum atomic E-state index is 12.2. The number of aromatic nitrogens is 4. The molecule has 0 saturated carbocycles. The van der Waals surface area contributed by atoms with Crippen molar-refractivity contribution in [2.45, 2.75) is 25.5 Å². The topological polar surface area (TPSA) is 142 Å². The molecule has 10 nitrogen and oxygen atoms in total. The number of ether oxygens (including phenoxy) is 1. The molecule has 0 unspecified atom stereocenters. The number of carbonyl (C=O) groups is 1. The highest BCUT2D eigenvalue weighted by Crippen LogP contribution is 2.27.